The minimum absolute atomic E-state index is 0.0544. The zero-order chi connectivity index (χ0) is 18.0. The standard InChI is InChI=1S/C21H24N2O3/c1-25-18-8-6-17(7-9-18)22-20(24)23-14-12-21(13-15-23)11-10-16-4-2-3-5-19(16)26-21/h2-9H,10-15H2,1H3,(H,22,24). The van der Waals surface area contributed by atoms with Gasteiger partial charge in [0.25, 0.3) is 0 Å². The van der Waals surface area contributed by atoms with Gasteiger partial charge in [0, 0.05) is 31.6 Å². The van der Waals surface area contributed by atoms with Crippen molar-refractivity contribution in [2.45, 2.75) is 31.3 Å². The molecule has 1 spiro atoms. The van der Waals surface area contributed by atoms with Gasteiger partial charge >= 0.3 is 6.03 Å². The maximum absolute atomic E-state index is 12.5. The Morgan fingerprint density at radius 1 is 1.08 bits per heavy atom. The zero-order valence-corrected chi connectivity index (χ0v) is 15.0. The number of fused-ring (bicyclic) bond motifs is 1. The number of nitrogens with zero attached hydrogens (tertiary/aromatic N) is 1. The van der Waals surface area contributed by atoms with E-state index in [1.807, 2.05) is 35.2 Å². The van der Waals surface area contributed by atoms with Crippen LogP contribution in [0.5, 0.6) is 11.5 Å². The second kappa shape index (κ2) is 6.90. The van der Waals surface area contributed by atoms with Gasteiger partial charge in [0.2, 0.25) is 0 Å². The molecule has 1 saturated heterocycles. The first-order valence-corrected chi connectivity index (χ1v) is 9.14. The van der Waals surface area contributed by atoms with Crippen LogP contribution in [0.25, 0.3) is 0 Å². The van der Waals surface area contributed by atoms with Gasteiger partial charge in [-0.3, -0.25) is 0 Å². The lowest BCUT2D eigenvalue weighted by molar-refractivity contribution is -0.00435. The normalized spacial score (nSPS) is 18.0. The number of aryl methyl sites for hydroxylation is 1. The van der Waals surface area contributed by atoms with E-state index in [1.165, 1.54) is 5.56 Å². The molecule has 0 saturated carbocycles. The Labute approximate surface area is 153 Å². The number of amides is 2. The van der Waals surface area contributed by atoms with Gasteiger partial charge in [0.1, 0.15) is 17.1 Å². The summed E-state index contributed by atoms with van der Waals surface area (Å²) in [5.41, 5.74) is 1.95. The molecule has 0 bridgehead atoms. The van der Waals surface area contributed by atoms with Gasteiger partial charge in [-0.15, -0.1) is 0 Å². The molecule has 5 heteroatoms. The van der Waals surface area contributed by atoms with Gasteiger partial charge in [-0.25, -0.2) is 4.79 Å². The number of urea groups is 1. The second-order valence-electron chi connectivity index (χ2n) is 7.04. The van der Waals surface area contributed by atoms with Crippen molar-refractivity contribution < 1.29 is 14.3 Å². The number of rotatable bonds is 2. The minimum atomic E-state index is -0.120. The van der Waals surface area contributed by atoms with Gasteiger partial charge in [-0.1, -0.05) is 18.2 Å². The summed E-state index contributed by atoms with van der Waals surface area (Å²) in [6.07, 6.45) is 3.82. The fourth-order valence-electron chi connectivity index (χ4n) is 3.80. The predicted octanol–water partition coefficient (Wildman–Crippen LogP) is 4.09. The van der Waals surface area contributed by atoms with Crippen molar-refractivity contribution in [3.05, 3.63) is 54.1 Å². The summed E-state index contributed by atoms with van der Waals surface area (Å²) < 4.78 is 11.5. The van der Waals surface area contributed by atoms with Gasteiger partial charge in [-0.2, -0.15) is 0 Å². The van der Waals surface area contributed by atoms with Crippen LogP contribution in [-0.4, -0.2) is 36.7 Å². The van der Waals surface area contributed by atoms with Gasteiger partial charge in [-0.05, 0) is 48.7 Å². The van der Waals surface area contributed by atoms with E-state index in [0.717, 1.165) is 42.9 Å². The van der Waals surface area contributed by atoms with Crippen molar-refractivity contribution in [1.82, 2.24) is 4.90 Å². The van der Waals surface area contributed by atoms with Crippen LogP contribution in [0.15, 0.2) is 48.5 Å². The Bertz CT molecular complexity index is 780. The van der Waals surface area contributed by atoms with Crippen LogP contribution in [0.4, 0.5) is 10.5 Å². The Balaban J connectivity index is 1.35. The summed E-state index contributed by atoms with van der Waals surface area (Å²) >= 11 is 0. The zero-order valence-electron chi connectivity index (χ0n) is 15.0. The highest BCUT2D eigenvalue weighted by Crippen LogP contribution is 2.39. The fraction of sp³-hybridized carbons (Fsp3) is 0.381. The van der Waals surface area contributed by atoms with E-state index in [0.29, 0.717) is 13.1 Å². The molecule has 26 heavy (non-hydrogen) atoms. The molecule has 1 fully saturated rings. The average Bonchev–Trinajstić information content (AvgIpc) is 2.69. The monoisotopic (exact) mass is 352 g/mol. The van der Waals surface area contributed by atoms with Gasteiger partial charge in [0.05, 0.1) is 7.11 Å². The first kappa shape index (κ1) is 16.8. The molecule has 2 aromatic carbocycles. The Kier molecular flexibility index (Phi) is 4.45. The third-order valence-corrected chi connectivity index (χ3v) is 5.45. The molecule has 0 atom stereocenters. The van der Waals surface area contributed by atoms with Crippen LogP contribution in [0.1, 0.15) is 24.8 Å². The van der Waals surface area contributed by atoms with E-state index in [1.54, 1.807) is 7.11 Å². The van der Waals surface area contributed by atoms with Crippen molar-refractivity contribution in [1.29, 1.82) is 0 Å². The lowest BCUT2D eigenvalue weighted by Gasteiger charge is -2.44. The molecule has 2 amide bonds. The first-order chi connectivity index (χ1) is 12.7. The molecule has 136 valence electrons. The van der Waals surface area contributed by atoms with Gasteiger partial charge in [0.15, 0.2) is 0 Å². The Hall–Kier alpha value is -2.69. The van der Waals surface area contributed by atoms with Crippen LogP contribution in [0.3, 0.4) is 0 Å². The quantitative estimate of drug-likeness (QED) is 0.886. The Morgan fingerprint density at radius 3 is 2.54 bits per heavy atom. The van der Waals surface area contributed by atoms with E-state index in [2.05, 4.69) is 23.5 Å². The van der Waals surface area contributed by atoms with Crippen molar-refractivity contribution in [3.8, 4) is 11.5 Å². The van der Waals surface area contributed by atoms with E-state index >= 15 is 0 Å². The number of carbonyl (C=O) groups is 1. The molecule has 2 heterocycles. The molecule has 0 unspecified atom stereocenters. The molecular weight excluding hydrogens is 328 g/mol. The van der Waals surface area contributed by atoms with Crippen molar-refractivity contribution >= 4 is 11.7 Å². The molecule has 1 N–H and O–H groups in total. The molecular formula is C21H24N2O3. The molecule has 0 aliphatic carbocycles. The topological polar surface area (TPSA) is 50.8 Å². The number of nitrogens with one attached hydrogen (secondary N) is 1. The Morgan fingerprint density at radius 2 is 1.81 bits per heavy atom. The molecule has 4 rings (SSSR count). The predicted molar refractivity (Wildman–Crippen MR) is 101 cm³/mol. The highest BCUT2D eigenvalue weighted by Gasteiger charge is 2.40. The second-order valence-corrected chi connectivity index (χ2v) is 7.04. The first-order valence-electron chi connectivity index (χ1n) is 9.14. The van der Waals surface area contributed by atoms with E-state index in [9.17, 15) is 4.79 Å². The fourth-order valence-corrected chi connectivity index (χ4v) is 3.80. The number of hydrogen-bond donors (Lipinski definition) is 1. The summed E-state index contributed by atoms with van der Waals surface area (Å²) in [6.45, 7) is 1.42. The lowest BCUT2D eigenvalue weighted by atomic mass is 9.83. The van der Waals surface area contributed by atoms with E-state index in [4.69, 9.17) is 9.47 Å². The maximum atomic E-state index is 12.5. The molecule has 2 aromatic rings. The molecule has 0 aromatic heterocycles. The lowest BCUT2D eigenvalue weighted by Crippen LogP contribution is -2.52. The third-order valence-electron chi connectivity index (χ3n) is 5.45. The van der Waals surface area contributed by atoms with E-state index in [-0.39, 0.29) is 11.6 Å². The van der Waals surface area contributed by atoms with Crippen LogP contribution >= 0.6 is 0 Å². The molecule has 0 radical (unpaired) electrons. The number of hydrogen-bond acceptors (Lipinski definition) is 3. The van der Waals surface area contributed by atoms with Crippen LogP contribution in [-0.2, 0) is 6.42 Å². The number of likely N-dealkylation sites (tertiary alicyclic amines) is 1. The van der Waals surface area contributed by atoms with Crippen LogP contribution in [0.2, 0.25) is 0 Å². The minimum Gasteiger partial charge on any atom is -0.497 e. The van der Waals surface area contributed by atoms with Crippen LogP contribution < -0.4 is 14.8 Å². The number of carbonyl (C=O) groups excluding carboxylic acids is 1. The van der Waals surface area contributed by atoms with Crippen molar-refractivity contribution in [2.75, 3.05) is 25.5 Å². The summed E-state index contributed by atoms with van der Waals surface area (Å²) in [5, 5.41) is 2.96. The number of methoxy groups -OCH3 is 1. The SMILES string of the molecule is COc1ccc(NC(=O)N2CCC3(CCc4ccccc4O3)CC2)cc1. The van der Waals surface area contributed by atoms with Crippen molar-refractivity contribution in [3.63, 3.8) is 0 Å². The molecule has 2 aliphatic heterocycles. The number of anilines is 1. The van der Waals surface area contributed by atoms with Crippen LogP contribution in [0, 0.1) is 0 Å². The number of para-hydroxylation sites is 1. The number of benzene rings is 2. The smallest absolute Gasteiger partial charge is 0.321 e. The summed E-state index contributed by atoms with van der Waals surface area (Å²) in [6, 6.07) is 15.6. The summed E-state index contributed by atoms with van der Waals surface area (Å²) in [5.74, 6) is 1.78. The number of piperidine rings is 1. The van der Waals surface area contributed by atoms with E-state index < -0.39 is 0 Å². The van der Waals surface area contributed by atoms with Gasteiger partial charge < -0.3 is 19.7 Å². The molecule has 2 aliphatic rings. The largest absolute Gasteiger partial charge is 0.497 e. The highest BCUT2D eigenvalue weighted by molar-refractivity contribution is 5.89. The molecule has 5 nitrogen and oxygen atoms in total. The van der Waals surface area contributed by atoms with Crippen molar-refractivity contribution in [2.24, 2.45) is 0 Å². The highest BCUT2D eigenvalue weighted by atomic mass is 16.5. The maximum Gasteiger partial charge on any atom is 0.321 e. The summed E-state index contributed by atoms with van der Waals surface area (Å²) in [4.78, 5) is 14.4. The third kappa shape index (κ3) is 3.34. The number of ether oxygens (including phenoxy) is 2. The average molecular weight is 352 g/mol. The summed E-state index contributed by atoms with van der Waals surface area (Å²) in [7, 11) is 1.63.